The van der Waals surface area contributed by atoms with Crippen molar-refractivity contribution in [1.82, 2.24) is 15.1 Å². The molecule has 1 saturated carbocycles. The Balaban J connectivity index is 0.00000280. The second kappa shape index (κ2) is 12.3. The molecule has 1 amide bonds. The van der Waals surface area contributed by atoms with Crippen LogP contribution in [0.5, 0.6) is 0 Å². The van der Waals surface area contributed by atoms with Gasteiger partial charge in [-0.3, -0.25) is 14.7 Å². The van der Waals surface area contributed by atoms with Crippen molar-refractivity contribution in [2.24, 2.45) is 16.6 Å². The third-order valence-corrected chi connectivity index (χ3v) is 5.65. The number of hydrogen-bond donors (Lipinski definition) is 2. The molecule has 6 nitrogen and oxygen atoms in total. The number of nitrogens with one attached hydrogen (secondary N) is 1. The van der Waals surface area contributed by atoms with Crippen molar-refractivity contribution in [2.75, 3.05) is 45.8 Å². The molecule has 1 aromatic carbocycles. The number of aliphatic imine (C=N–C) groups is 1. The number of nitrogens with zero attached hydrogens (tertiary/aromatic N) is 3. The van der Waals surface area contributed by atoms with Gasteiger partial charge in [-0.05, 0) is 24.8 Å². The SMILES string of the molecule is I.NC(=NCCN1CCN(C(=O)C2CCCC2)CC1)NCCc1ccccc1. The molecule has 0 spiro atoms. The third-order valence-electron chi connectivity index (χ3n) is 5.65. The maximum Gasteiger partial charge on any atom is 0.225 e. The monoisotopic (exact) mass is 499 g/mol. The van der Waals surface area contributed by atoms with E-state index in [2.05, 4.69) is 32.2 Å². The minimum atomic E-state index is 0. The molecule has 2 aliphatic rings. The van der Waals surface area contributed by atoms with Gasteiger partial charge in [-0.1, -0.05) is 43.2 Å². The van der Waals surface area contributed by atoms with Crippen LogP contribution in [0, 0.1) is 5.92 Å². The van der Waals surface area contributed by atoms with E-state index < -0.39 is 0 Å². The highest BCUT2D eigenvalue weighted by Gasteiger charge is 2.29. The van der Waals surface area contributed by atoms with Gasteiger partial charge in [0.05, 0.1) is 6.54 Å². The van der Waals surface area contributed by atoms with Crippen molar-refractivity contribution in [3.05, 3.63) is 35.9 Å². The van der Waals surface area contributed by atoms with Gasteiger partial charge in [-0.2, -0.15) is 0 Å². The molecule has 0 bridgehead atoms. The molecule has 28 heavy (non-hydrogen) atoms. The van der Waals surface area contributed by atoms with Crippen molar-refractivity contribution in [2.45, 2.75) is 32.1 Å². The lowest BCUT2D eigenvalue weighted by Gasteiger charge is -2.35. The highest BCUT2D eigenvalue weighted by Crippen LogP contribution is 2.26. The molecular weight excluding hydrogens is 465 g/mol. The second-order valence-electron chi connectivity index (χ2n) is 7.58. The summed E-state index contributed by atoms with van der Waals surface area (Å²) >= 11 is 0. The van der Waals surface area contributed by atoms with Crippen LogP contribution in [0.1, 0.15) is 31.2 Å². The predicted octanol–water partition coefficient (Wildman–Crippen LogP) is 2.09. The summed E-state index contributed by atoms with van der Waals surface area (Å²) < 4.78 is 0. The van der Waals surface area contributed by atoms with Crippen molar-refractivity contribution in [1.29, 1.82) is 0 Å². The van der Waals surface area contributed by atoms with Gasteiger partial charge in [0.2, 0.25) is 5.91 Å². The maximum absolute atomic E-state index is 12.5. The molecule has 1 aliphatic carbocycles. The Morgan fingerprint density at radius 3 is 2.46 bits per heavy atom. The summed E-state index contributed by atoms with van der Waals surface area (Å²) in [6.07, 6.45) is 5.55. The molecule has 1 saturated heterocycles. The van der Waals surface area contributed by atoms with Crippen LogP contribution in [-0.4, -0.2) is 67.5 Å². The van der Waals surface area contributed by atoms with Gasteiger partial charge in [0.15, 0.2) is 5.96 Å². The van der Waals surface area contributed by atoms with Crippen LogP contribution in [0.3, 0.4) is 0 Å². The van der Waals surface area contributed by atoms with Crippen LogP contribution >= 0.6 is 24.0 Å². The van der Waals surface area contributed by atoms with Gasteiger partial charge in [0, 0.05) is 45.2 Å². The van der Waals surface area contributed by atoms with Gasteiger partial charge in [0.25, 0.3) is 0 Å². The molecule has 0 radical (unpaired) electrons. The summed E-state index contributed by atoms with van der Waals surface area (Å²) in [6.45, 7) is 5.97. The topological polar surface area (TPSA) is 74.0 Å². The first kappa shape index (κ1) is 22.9. The number of benzene rings is 1. The first-order valence-corrected chi connectivity index (χ1v) is 10.3. The zero-order valence-corrected chi connectivity index (χ0v) is 19.0. The van der Waals surface area contributed by atoms with E-state index in [0.717, 1.165) is 58.5 Å². The van der Waals surface area contributed by atoms with Crippen LogP contribution in [0.2, 0.25) is 0 Å². The molecule has 2 fully saturated rings. The lowest BCUT2D eigenvalue weighted by molar-refractivity contribution is -0.137. The van der Waals surface area contributed by atoms with Crippen LogP contribution in [-0.2, 0) is 11.2 Å². The van der Waals surface area contributed by atoms with Crippen LogP contribution in [0.15, 0.2) is 35.3 Å². The molecule has 7 heteroatoms. The molecule has 3 N–H and O–H groups in total. The fourth-order valence-corrected chi connectivity index (χ4v) is 3.97. The number of carbonyl (C=O) groups is 1. The number of nitrogens with two attached hydrogens (primary N) is 1. The first-order chi connectivity index (χ1) is 13.2. The standard InChI is InChI=1S/C21H33N5O.HI/c22-21(23-11-10-18-6-2-1-3-7-18)24-12-13-25-14-16-26(17-15-25)20(27)19-8-4-5-9-19;/h1-3,6-7,19H,4-5,8-17H2,(H3,22,23,24);1H. The zero-order valence-electron chi connectivity index (χ0n) is 16.7. The van der Waals surface area contributed by atoms with Gasteiger partial charge in [-0.25, -0.2) is 0 Å². The fourth-order valence-electron chi connectivity index (χ4n) is 3.97. The predicted molar refractivity (Wildman–Crippen MR) is 125 cm³/mol. The Morgan fingerprint density at radius 1 is 1.11 bits per heavy atom. The molecule has 1 aromatic rings. The minimum absolute atomic E-state index is 0. The Labute approximate surface area is 186 Å². The lowest BCUT2D eigenvalue weighted by atomic mass is 10.1. The van der Waals surface area contributed by atoms with E-state index in [4.69, 9.17) is 5.73 Å². The van der Waals surface area contributed by atoms with Crippen molar-refractivity contribution >= 4 is 35.8 Å². The Kier molecular flexibility index (Phi) is 10.0. The summed E-state index contributed by atoms with van der Waals surface area (Å²) in [4.78, 5) is 21.3. The average Bonchev–Trinajstić information content (AvgIpc) is 3.24. The molecular formula is C21H34IN5O. The van der Waals surface area contributed by atoms with E-state index in [1.165, 1.54) is 18.4 Å². The molecule has 1 aliphatic heterocycles. The molecule has 156 valence electrons. The number of halogens is 1. The van der Waals surface area contributed by atoms with E-state index in [1.54, 1.807) is 0 Å². The minimum Gasteiger partial charge on any atom is -0.370 e. The summed E-state index contributed by atoms with van der Waals surface area (Å²) in [5.41, 5.74) is 7.25. The number of rotatable bonds is 7. The highest BCUT2D eigenvalue weighted by molar-refractivity contribution is 14.0. The quantitative estimate of drug-likeness (QED) is 0.343. The smallest absolute Gasteiger partial charge is 0.225 e. The number of hydrogen-bond acceptors (Lipinski definition) is 3. The summed E-state index contributed by atoms with van der Waals surface area (Å²) in [5.74, 6) is 1.20. The number of guanidine groups is 1. The van der Waals surface area contributed by atoms with Gasteiger partial charge >= 0.3 is 0 Å². The lowest BCUT2D eigenvalue weighted by Crippen LogP contribution is -2.50. The van der Waals surface area contributed by atoms with E-state index in [-0.39, 0.29) is 24.0 Å². The van der Waals surface area contributed by atoms with E-state index in [9.17, 15) is 4.79 Å². The van der Waals surface area contributed by atoms with Gasteiger partial charge in [-0.15, -0.1) is 24.0 Å². The fraction of sp³-hybridized carbons (Fsp3) is 0.619. The van der Waals surface area contributed by atoms with Crippen molar-refractivity contribution in [3.63, 3.8) is 0 Å². The number of amides is 1. The average molecular weight is 499 g/mol. The van der Waals surface area contributed by atoms with E-state index in [0.29, 0.717) is 24.3 Å². The molecule has 0 unspecified atom stereocenters. The van der Waals surface area contributed by atoms with Crippen molar-refractivity contribution in [3.8, 4) is 0 Å². The second-order valence-corrected chi connectivity index (χ2v) is 7.58. The number of piperazine rings is 1. The van der Waals surface area contributed by atoms with Gasteiger partial charge in [0.1, 0.15) is 0 Å². The van der Waals surface area contributed by atoms with E-state index in [1.807, 2.05) is 18.2 Å². The maximum atomic E-state index is 12.5. The molecule has 0 atom stereocenters. The van der Waals surface area contributed by atoms with Crippen LogP contribution in [0.25, 0.3) is 0 Å². The third kappa shape index (κ3) is 7.24. The summed E-state index contributed by atoms with van der Waals surface area (Å²) in [5, 5.41) is 3.18. The van der Waals surface area contributed by atoms with E-state index >= 15 is 0 Å². The first-order valence-electron chi connectivity index (χ1n) is 10.3. The number of carbonyl (C=O) groups excluding carboxylic acids is 1. The molecule has 0 aromatic heterocycles. The Hall–Kier alpha value is -1.35. The zero-order chi connectivity index (χ0) is 18.9. The van der Waals surface area contributed by atoms with Crippen molar-refractivity contribution < 1.29 is 4.79 Å². The van der Waals surface area contributed by atoms with Crippen LogP contribution < -0.4 is 11.1 Å². The Bertz CT molecular complexity index is 610. The van der Waals surface area contributed by atoms with Gasteiger partial charge < -0.3 is 16.0 Å². The molecule has 1 heterocycles. The summed E-state index contributed by atoms with van der Waals surface area (Å²) in [6, 6.07) is 10.4. The normalized spacial score (nSPS) is 18.7. The largest absolute Gasteiger partial charge is 0.370 e. The highest BCUT2D eigenvalue weighted by atomic mass is 127. The molecule has 3 rings (SSSR count). The summed E-state index contributed by atoms with van der Waals surface area (Å²) in [7, 11) is 0. The van der Waals surface area contributed by atoms with Crippen LogP contribution in [0.4, 0.5) is 0 Å². The Morgan fingerprint density at radius 2 is 1.79 bits per heavy atom.